The number of hydrogen-bond acceptors (Lipinski definition) is 6. The third-order valence-electron chi connectivity index (χ3n) is 4.83. The Morgan fingerprint density at radius 3 is 2.61 bits per heavy atom. The van der Waals surface area contributed by atoms with Gasteiger partial charge >= 0.3 is 0 Å². The van der Waals surface area contributed by atoms with Crippen LogP contribution in [0.4, 0.5) is 5.69 Å². The van der Waals surface area contributed by atoms with E-state index < -0.39 is 0 Å². The molecule has 0 radical (unpaired) electrons. The van der Waals surface area contributed by atoms with E-state index in [0.29, 0.717) is 0 Å². The molecule has 4 rings (SSSR count). The molecule has 1 fully saturated rings. The van der Waals surface area contributed by atoms with E-state index in [1.807, 2.05) is 24.3 Å². The van der Waals surface area contributed by atoms with Gasteiger partial charge in [0, 0.05) is 31.6 Å². The molecule has 2 aromatic heterocycles. The van der Waals surface area contributed by atoms with Crippen LogP contribution in [-0.2, 0) is 11.3 Å². The summed E-state index contributed by atoms with van der Waals surface area (Å²) in [4.78, 5) is 9.73. The van der Waals surface area contributed by atoms with Crippen molar-refractivity contribution in [3.05, 3.63) is 52.0 Å². The lowest BCUT2D eigenvalue weighted by atomic mass is 10.3. The van der Waals surface area contributed by atoms with Crippen LogP contribution in [0.3, 0.4) is 0 Å². The van der Waals surface area contributed by atoms with Crippen molar-refractivity contribution in [2.75, 3.05) is 40.0 Å². The monoisotopic (exact) mass is 415 g/mol. The Labute approximate surface area is 173 Å². The molecule has 1 aliphatic rings. The normalized spacial score (nSPS) is 15.8. The van der Waals surface area contributed by atoms with Gasteiger partial charge in [-0.3, -0.25) is 4.90 Å². The summed E-state index contributed by atoms with van der Waals surface area (Å²) < 4.78 is 13.1. The van der Waals surface area contributed by atoms with Gasteiger partial charge < -0.3 is 14.0 Å². The number of aromatic nitrogens is 1. The fourth-order valence-corrected chi connectivity index (χ4v) is 5.07. The van der Waals surface area contributed by atoms with E-state index in [1.54, 1.807) is 29.8 Å². The molecule has 5 nitrogen and oxygen atoms in total. The summed E-state index contributed by atoms with van der Waals surface area (Å²) in [6.07, 6.45) is 1.10. The van der Waals surface area contributed by atoms with Crippen molar-refractivity contribution in [2.24, 2.45) is 4.99 Å². The van der Waals surface area contributed by atoms with Gasteiger partial charge in [0.25, 0.3) is 0 Å². The van der Waals surface area contributed by atoms with Crippen LogP contribution in [0, 0.1) is 0 Å². The van der Waals surface area contributed by atoms with Gasteiger partial charge in [-0.1, -0.05) is 6.07 Å². The molecule has 0 bridgehead atoms. The summed E-state index contributed by atoms with van der Waals surface area (Å²) in [5.41, 5.74) is 2.21. The van der Waals surface area contributed by atoms with Gasteiger partial charge in [-0.15, -0.1) is 22.7 Å². The van der Waals surface area contributed by atoms with Crippen molar-refractivity contribution in [3.63, 3.8) is 0 Å². The largest absolute Gasteiger partial charge is 0.497 e. The molecule has 3 aromatic rings. The number of thiazole rings is 1. The predicted molar refractivity (Wildman–Crippen MR) is 116 cm³/mol. The zero-order valence-electron chi connectivity index (χ0n) is 16.0. The molecule has 3 heterocycles. The van der Waals surface area contributed by atoms with Crippen molar-refractivity contribution in [2.45, 2.75) is 13.0 Å². The highest BCUT2D eigenvalue weighted by Gasteiger charge is 2.12. The third-order valence-corrected chi connectivity index (χ3v) is 6.58. The first-order chi connectivity index (χ1) is 13.8. The SMILES string of the molecule is COc1ccc(N=c2scc(-c3cccs3)n2CCCN2CCOCC2)cc1. The molecule has 7 heteroatoms. The van der Waals surface area contributed by atoms with Crippen LogP contribution >= 0.6 is 22.7 Å². The van der Waals surface area contributed by atoms with E-state index in [0.717, 1.165) is 62.1 Å². The fourth-order valence-electron chi connectivity index (χ4n) is 3.30. The molecule has 28 heavy (non-hydrogen) atoms. The average molecular weight is 416 g/mol. The zero-order valence-corrected chi connectivity index (χ0v) is 17.7. The van der Waals surface area contributed by atoms with E-state index in [1.165, 1.54) is 10.6 Å². The van der Waals surface area contributed by atoms with Crippen molar-refractivity contribution >= 4 is 28.4 Å². The van der Waals surface area contributed by atoms with Crippen molar-refractivity contribution in [3.8, 4) is 16.3 Å². The van der Waals surface area contributed by atoms with Crippen LogP contribution in [0.5, 0.6) is 5.75 Å². The van der Waals surface area contributed by atoms with Crippen LogP contribution < -0.4 is 9.54 Å². The Balaban J connectivity index is 1.57. The van der Waals surface area contributed by atoms with E-state index in [-0.39, 0.29) is 0 Å². The number of ether oxygens (including phenoxy) is 2. The molecular weight excluding hydrogens is 390 g/mol. The van der Waals surface area contributed by atoms with Gasteiger partial charge in [-0.2, -0.15) is 0 Å². The van der Waals surface area contributed by atoms with Crippen LogP contribution in [0.2, 0.25) is 0 Å². The van der Waals surface area contributed by atoms with Crippen LogP contribution in [0.25, 0.3) is 10.6 Å². The summed E-state index contributed by atoms with van der Waals surface area (Å²) in [7, 11) is 1.68. The molecule has 1 saturated heterocycles. The van der Waals surface area contributed by atoms with Crippen LogP contribution in [0.1, 0.15) is 6.42 Å². The van der Waals surface area contributed by atoms with Crippen molar-refractivity contribution in [1.82, 2.24) is 9.47 Å². The van der Waals surface area contributed by atoms with Gasteiger partial charge in [0.1, 0.15) is 5.75 Å². The lowest BCUT2D eigenvalue weighted by Gasteiger charge is -2.26. The van der Waals surface area contributed by atoms with Crippen molar-refractivity contribution in [1.29, 1.82) is 0 Å². The molecule has 1 aromatic carbocycles. The molecule has 1 aliphatic heterocycles. The topological polar surface area (TPSA) is 39.0 Å². The number of methoxy groups -OCH3 is 1. The number of thiophene rings is 1. The molecule has 0 spiro atoms. The Bertz CT molecular complexity index is 923. The second kappa shape index (κ2) is 9.52. The van der Waals surface area contributed by atoms with E-state index in [9.17, 15) is 0 Å². The smallest absolute Gasteiger partial charge is 0.190 e. The van der Waals surface area contributed by atoms with Crippen LogP contribution in [0.15, 0.2) is 52.2 Å². The van der Waals surface area contributed by atoms with Gasteiger partial charge in [-0.25, -0.2) is 4.99 Å². The molecule has 0 N–H and O–H groups in total. The first-order valence-corrected chi connectivity index (χ1v) is 11.3. The Morgan fingerprint density at radius 2 is 1.89 bits per heavy atom. The maximum atomic E-state index is 5.45. The van der Waals surface area contributed by atoms with Gasteiger partial charge in [0.05, 0.1) is 36.6 Å². The first-order valence-electron chi connectivity index (χ1n) is 9.54. The molecular formula is C21H25N3O2S2. The molecule has 0 aliphatic carbocycles. The Kier molecular flexibility index (Phi) is 6.59. The number of hydrogen-bond donors (Lipinski definition) is 0. The van der Waals surface area contributed by atoms with Gasteiger partial charge in [0.15, 0.2) is 4.80 Å². The number of nitrogens with zero attached hydrogens (tertiary/aromatic N) is 3. The standard InChI is InChI=1S/C21H25N3O2S2/c1-25-18-7-5-17(6-8-18)22-21-24(10-3-9-23-11-13-26-14-12-23)19(16-28-21)20-4-2-15-27-20/h2,4-8,15-16H,3,9-14H2,1H3. The number of morpholine rings is 1. The summed E-state index contributed by atoms with van der Waals surface area (Å²) in [6.45, 7) is 5.83. The lowest BCUT2D eigenvalue weighted by Crippen LogP contribution is -2.37. The summed E-state index contributed by atoms with van der Waals surface area (Å²) in [5.74, 6) is 0.850. The molecule has 0 atom stereocenters. The number of rotatable bonds is 7. The second-order valence-corrected chi connectivity index (χ2v) is 8.43. The summed E-state index contributed by atoms with van der Waals surface area (Å²) >= 11 is 3.48. The summed E-state index contributed by atoms with van der Waals surface area (Å²) in [5, 5.41) is 4.36. The first kappa shape index (κ1) is 19.4. The Hall–Kier alpha value is -1.93. The number of benzene rings is 1. The predicted octanol–water partition coefficient (Wildman–Crippen LogP) is 4.24. The minimum Gasteiger partial charge on any atom is -0.497 e. The quantitative estimate of drug-likeness (QED) is 0.579. The Morgan fingerprint density at radius 1 is 1.07 bits per heavy atom. The summed E-state index contributed by atoms with van der Waals surface area (Å²) in [6, 6.07) is 12.2. The minimum atomic E-state index is 0.850. The highest BCUT2D eigenvalue weighted by atomic mass is 32.1. The van der Waals surface area contributed by atoms with E-state index in [4.69, 9.17) is 14.5 Å². The highest BCUT2D eigenvalue weighted by Crippen LogP contribution is 2.26. The van der Waals surface area contributed by atoms with Gasteiger partial charge in [0.2, 0.25) is 0 Å². The zero-order chi connectivity index (χ0) is 19.2. The minimum absolute atomic E-state index is 0.850. The average Bonchev–Trinajstić information content (AvgIpc) is 3.40. The third kappa shape index (κ3) is 4.72. The molecule has 0 unspecified atom stereocenters. The fraction of sp³-hybridized carbons (Fsp3) is 0.381. The molecule has 0 amide bonds. The lowest BCUT2D eigenvalue weighted by molar-refractivity contribution is 0.0369. The van der Waals surface area contributed by atoms with Crippen LogP contribution in [-0.4, -0.2) is 49.4 Å². The maximum Gasteiger partial charge on any atom is 0.190 e. The van der Waals surface area contributed by atoms with E-state index >= 15 is 0 Å². The van der Waals surface area contributed by atoms with E-state index in [2.05, 4.69) is 32.4 Å². The van der Waals surface area contributed by atoms with Gasteiger partial charge in [-0.05, 0) is 42.1 Å². The molecule has 0 saturated carbocycles. The second-order valence-electron chi connectivity index (χ2n) is 6.65. The molecule has 148 valence electrons. The highest BCUT2D eigenvalue weighted by molar-refractivity contribution is 7.14. The maximum absolute atomic E-state index is 5.45. The van der Waals surface area contributed by atoms with Crippen molar-refractivity contribution < 1.29 is 9.47 Å².